The first kappa shape index (κ1) is 21.0. The van der Waals surface area contributed by atoms with E-state index in [0.29, 0.717) is 58.7 Å². The molecule has 0 aliphatic heterocycles. The van der Waals surface area contributed by atoms with Gasteiger partial charge in [-0.25, -0.2) is 4.39 Å². The largest absolute Gasteiger partial charge is 0.493 e. The van der Waals surface area contributed by atoms with Crippen molar-refractivity contribution in [3.63, 3.8) is 0 Å². The van der Waals surface area contributed by atoms with E-state index >= 15 is 4.39 Å². The maximum atomic E-state index is 15.2. The molecule has 1 saturated carbocycles. The van der Waals surface area contributed by atoms with E-state index in [4.69, 9.17) is 14.2 Å². The topological polar surface area (TPSA) is 100 Å². The molecule has 1 aliphatic rings. The molecule has 0 spiro atoms. The number of benzene rings is 2. The number of H-pyrrole nitrogens is 1. The first-order chi connectivity index (χ1) is 16.0. The summed E-state index contributed by atoms with van der Waals surface area (Å²) in [6.07, 6.45) is 2.58. The Kier molecular flexibility index (Phi) is 5.27. The summed E-state index contributed by atoms with van der Waals surface area (Å²) < 4.78 is 32.5. The number of nitrogens with one attached hydrogen (secondary N) is 1. The zero-order valence-electron chi connectivity index (χ0n) is 18.2. The molecular weight excluding hydrogens is 425 g/mol. The van der Waals surface area contributed by atoms with E-state index < -0.39 is 5.82 Å². The third-order valence-corrected chi connectivity index (χ3v) is 5.96. The van der Waals surface area contributed by atoms with E-state index in [0.717, 1.165) is 5.69 Å². The number of halogens is 1. The number of nitriles is 1. The van der Waals surface area contributed by atoms with Crippen molar-refractivity contribution in [2.75, 3.05) is 13.7 Å². The van der Waals surface area contributed by atoms with Gasteiger partial charge in [-0.3, -0.25) is 4.98 Å². The van der Waals surface area contributed by atoms with Crippen LogP contribution in [-0.4, -0.2) is 34.9 Å². The number of aryl methyl sites for hydroxylation is 1. The Morgan fingerprint density at radius 3 is 2.73 bits per heavy atom. The van der Waals surface area contributed by atoms with Gasteiger partial charge >= 0.3 is 0 Å². The predicted molar refractivity (Wildman–Crippen MR) is 120 cm³/mol. The van der Waals surface area contributed by atoms with Crippen LogP contribution in [0.25, 0.3) is 21.8 Å². The van der Waals surface area contributed by atoms with Crippen LogP contribution in [0.15, 0.2) is 36.5 Å². The summed E-state index contributed by atoms with van der Waals surface area (Å²) in [6, 6.07) is 10.4. The molecule has 0 saturated heterocycles. The van der Waals surface area contributed by atoms with Crippen LogP contribution in [0.2, 0.25) is 0 Å². The van der Waals surface area contributed by atoms with Crippen LogP contribution in [0.4, 0.5) is 4.39 Å². The highest BCUT2D eigenvalue weighted by molar-refractivity contribution is 5.90. The lowest BCUT2D eigenvalue weighted by Crippen LogP contribution is -2.32. The van der Waals surface area contributed by atoms with Gasteiger partial charge in [-0.2, -0.15) is 5.26 Å². The van der Waals surface area contributed by atoms with Gasteiger partial charge in [-0.15, -0.1) is 0 Å². The van der Waals surface area contributed by atoms with Crippen molar-refractivity contribution in [3.05, 3.63) is 53.6 Å². The summed E-state index contributed by atoms with van der Waals surface area (Å²) >= 11 is 0. The average molecular weight is 447 g/mol. The fourth-order valence-corrected chi connectivity index (χ4v) is 4.16. The molecule has 2 aromatic heterocycles. The first-order valence-electron chi connectivity index (χ1n) is 10.6. The van der Waals surface area contributed by atoms with Gasteiger partial charge in [0, 0.05) is 34.2 Å². The SMILES string of the molecule is COc1cc2c(Oc3ccc4[nH]c(C)cc4c3F)c(C#N)cnc2cc1OCC1CC(O)C1. The van der Waals surface area contributed by atoms with Gasteiger partial charge in [0.05, 0.1) is 25.3 Å². The van der Waals surface area contributed by atoms with E-state index in [2.05, 4.69) is 16.0 Å². The molecule has 1 aliphatic carbocycles. The molecule has 2 N–H and O–H groups in total. The normalized spacial score (nSPS) is 17.5. The fraction of sp³-hybridized carbons (Fsp3) is 0.280. The molecule has 2 heterocycles. The number of hydrogen-bond donors (Lipinski definition) is 2. The summed E-state index contributed by atoms with van der Waals surface area (Å²) in [7, 11) is 1.52. The van der Waals surface area contributed by atoms with Crippen LogP contribution in [0.3, 0.4) is 0 Å². The molecule has 1 fully saturated rings. The molecule has 7 nitrogen and oxygen atoms in total. The molecule has 5 rings (SSSR count). The monoisotopic (exact) mass is 447 g/mol. The summed E-state index contributed by atoms with van der Waals surface area (Å²) in [6.45, 7) is 2.31. The van der Waals surface area contributed by atoms with Crippen molar-refractivity contribution in [2.45, 2.75) is 25.9 Å². The lowest BCUT2D eigenvalue weighted by molar-refractivity contribution is 0.0199. The fourth-order valence-electron chi connectivity index (χ4n) is 4.16. The van der Waals surface area contributed by atoms with Gasteiger partial charge in [-0.05, 0) is 49.9 Å². The highest BCUT2D eigenvalue weighted by Crippen LogP contribution is 2.40. The van der Waals surface area contributed by atoms with Gasteiger partial charge in [0.25, 0.3) is 0 Å². The zero-order valence-corrected chi connectivity index (χ0v) is 18.2. The highest BCUT2D eigenvalue weighted by atomic mass is 19.1. The number of hydrogen-bond acceptors (Lipinski definition) is 6. The molecular formula is C25H22FN3O4. The second-order valence-corrected chi connectivity index (χ2v) is 8.33. The Bertz CT molecular complexity index is 1400. The van der Waals surface area contributed by atoms with Crippen molar-refractivity contribution < 1.29 is 23.7 Å². The summed E-state index contributed by atoms with van der Waals surface area (Å²) in [4.78, 5) is 7.45. The van der Waals surface area contributed by atoms with E-state index in [1.165, 1.54) is 19.4 Å². The zero-order chi connectivity index (χ0) is 23.1. The number of pyridine rings is 1. The number of nitrogens with zero attached hydrogens (tertiary/aromatic N) is 2. The summed E-state index contributed by atoms with van der Waals surface area (Å²) in [5.74, 6) is 0.933. The molecule has 0 amide bonds. The standard InChI is InChI=1S/C25H22FN3O4/c1-13-5-17-19(29-13)3-4-21(24(17)26)33-25-15(10-27)11-28-20-9-23(22(31-2)8-18(20)25)32-12-14-6-16(30)7-14/h3-5,8-9,11,14,16,29-30H,6-7,12H2,1-2H3. The maximum Gasteiger partial charge on any atom is 0.175 e. The number of methoxy groups -OCH3 is 1. The van der Waals surface area contributed by atoms with Crippen molar-refractivity contribution in [1.82, 2.24) is 9.97 Å². The Morgan fingerprint density at radius 1 is 1.18 bits per heavy atom. The molecule has 0 atom stereocenters. The highest BCUT2D eigenvalue weighted by Gasteiger charge is 2.28. The van der Waals surface area contributed by atoms with Crippen molar-refractivity contribution in [1.29, 1.82) is 5.26 Å². The minimum absolute atomic E-state index is 0.00772. The molecule has 168 valence electrons. The minimum atomic E-state index is -0.514. The van der Waals surface area contributed by atoms with E-state index in [-0.39, 0.29) is 23.2 Å². The van der Waals surface area contributed by atoms with E-state index in [1.807, 2.05) is 6.92 Å². The second-order valence-electron chi connectivity index (χ2n) is 8.33. The number of aliphatic hydroxyl groups excluding tert-OH is 1. The second kappa shape index (κ2) is 8.26. The lowest BCUT2D eigenvalue weighted by Gasteiger charge is -2.31. The molecule has 8 heteroatoms. The third kappa shape index (κ3) is 3.81. The number of rotatable bonds is 6. The summed E-state index contributed by atoms with van der Waals surface area (Å²) in [5.41, 5.74) is 2.19. The Morgan fingerprint density at radius 2 is 2.00 bits per heavy atom. The third-order valence-electron chi connectivity index (χ3n) is 5.96. The Hall–Kier alpha value is -3.83. The summed E-state index contributed by atoms with van der Waals surface area (Å²) in [5, 5.41) is 20.0. The number of ether oxygens (including phenoxy) is 3. The Labute approximate surface area is 189 Å². The van der Waals surface area contributed by atoms with Crippen LogP contribution < -0.4 is 14.2 Å². The van der Waals surface area contributed by atoms with Crippen LogP contribution >= 0.6 is 0 Å². The van der Waals surface area contributed by atoms with Crippen LogP contribution in [0.1, 0.15) is 24.1 Å². The quantitative estimate of drug-likeness (QED) is 0.432. The van der Waals surface area contributed by atoms with Gasteiger partial charge in [-0.1, -0.05) is 0 Å². The average Bonchev–Trinajstić information content (AvgIpc) is 3.18. The Balaban J connectivity index is 1.55. The van der Waals surface area contributed by atoms with Crippen LogP contribution in [0, 0.1) is 30.0 Å². The van der Waals surface area contributed by atoms with E-state index in [1.54, 1.807) is 24.3 Å². The van der Waals surface area contributed by atoms with Gasteiger partial charge in [0.2, 0.25) is 0 Å². The number of aliphatic hydroxyl groups is 1. The predicted octanol–water partition coefficient (Wildman–Crippen LogP) is 4.99. The van der Waals surface area contributed by atoms with Gasteiger partial charge in [0.1, 0.15) is 11.6 Å². The van der Waals surface area contributed by atoms with Gasteiger partial charge in [0.15, 0.2) is 28.8 Å². The molecule has 33 heavy (non-hydrogen) atoms. The number of aromatic nitrogens is 2. The first-order valence-corrected chi connectivity index (χ1v) is 10.6. The molecule has 0 unspecified atom stereocenters. The smallest absolute Gasteiger partial charge is 0.175 e. The molecule has 2 aromatic carbocycles. The van der Waals surface area contributed by atoms with Gasteiger partial charge < -0.3 is 24.3 Å². The van der Waals surface area contributed by atoms with Crippen molar-refractivity contribution >= 4 is 21.8 Å². The van der Waals surface area contributed by atoms with Crippen molar-refractivity contribution in [2.24, 2.45) is 5.92 Å². The van der Waals surface area contributed by atoms with Crippen LogP contribution in [0.5, 0.6) is 23.0 Å². The molecule has 0 radical (unpaired) electrons. The van der Waals surface area contributed by atoms with Crippen LogP contribution in [-0.2, 0) is 0 Å². The number of fused-ring (bicyclic) bond motifs is 2. The molecule has 0 bridgehead atoms. The molecule has 4 aromatic rings. The maximum absolute atomic E-state index is 15.2. The van der Waals surface area contributed by atoms with E-state index in [9.17, 15) is 10.4 Å². The van der Waals surface area contributed by atoms with Crippen molar-refractivity contribution in [3.8, 4) is 29.1 Å². The number of aromatic amines is 1. The minimum Gasteiger partial charge on any atom is -0.493 e. The lowest BCUT2D eigenvalue weighted by atomic mass is 9.83.